The number of benzene rings is 1. The summed E-state index contributed by atoms with van der Waals surface area (Å²) in [6, 6.07) is 0.905. The van der Waals surface area contributed by atoms with E-state index in [9.17, 15) is 14.4 Å². The van der Waals surface area contributed by atoms with Crippen LogP contribution in [0.2, 0.25) is 0 Å². The van der Waals surface area contributed by atoms with Gasteiger partial charge in [-0.15, -0.1) is 0 Å². The highest BCUT2D eigenvalue weighted by Crippen LogP contribution is 2.39. The number of aliphatic carboxylic acids is 1. The quantitative estimate of drug-likeness (QED) is 0.616. The summed E-state index contributed by atoms with van der Waals surface area (Å²) in [7, 11) is 4.30. The minimum atomic E-state index is -1.31. The lowest BCUT2D eigenvalue weighted by molar-refractivity contribution is -0.140. The van der Waals surface area contributed by atoms with E-state index in [0.29, 0.717) is 22.9 Å². The minimum Gasteiger partial charge on any atom is -0.493 e. The number of hydrogen-bond donors (Lipinski definition) is 3. The maximum absolute atomic E-state index is 12.0. The van der Waals surface area contributed by atoms with Crippen molar-refractivity contribution in [1.29, 1.82) is 0 Å². The molecule has 25 heavy (non-hydrogen) atoms. The maximum Gasteiger partial charge on any atom is 0.326 e. The van der Waals surface area contributed by atoms with Crippen LogP contribution in [0.1, 0.15) is 19.8 Å². The molecule has 0 saturated carbocycles. The van der Waals surface area contributed by atoms with E-state index in [2.05, 4.69) is 10.6 Å². The Morgan fingerprint density at radius 2 is 1.64 bits per heavy atom. The molecule has 1 aromatic rings. The first kappa shape index (κ1) is 20.1. The summed E-state index contributed by atoms with van der Waals surface area (Å²) in [6.45, 7) is 1.62. The van der Waals surface area contributed by atoms with Crippen LogP contribution in [-0.4, -0.2) is 50.3 Å². The summed E-state index contributed by atoms with van der Waals surface area (Å²) in [5.41, 5.74) is 0.304. The van der Waals surface area contributed by atoms with Gasteiger partial charge in [0, 0.05) is 25.0 Å². The zero-order valence-electron chi connectivity index (χ0n) is 14.5. The lowest BCUT2D eigenvalue weighted by Crippen LogP contribution is -2.44. The SMILES string of the molecule is CCC(=O)CC(NC(=O)Nc1cc(OC)c(OC)c(OC)c1)C(=O)O. The Bertz CT molecular complexity index is 620. The zero-order chi connectivity index (χ0) is 19.0. The van der Waals surface area contributed by atoms with Crippen LogP contribution in [0.25, 0.3) is 0 Å². The molecule has 1 rings (SSSR count). The van der Waals surface area contributed by atoms with Gasteiger partial charge < -0.3 is 30.0 Å². The Morgan fingerprint density at radius 1 is 1.08 bits per heavy atom. The summed E-state index contributed by atoms with van der Waals surface area (Å²) in [4.78, 5) is 34.6. The summed E-state index contributed by atoms with van der Waals surface area (Å²) in [5, 5.41) is 13.8. The highest BCUT2D eigenvalue weighted by atomic mass is 16.5. The van der Waals surface area contributed by atoms with Crippen LogP contribution in [0.4, 0.5) is 10.5 Å². The van der Waals surface area contributed by atoms with Gasteiger partial charge in [0.05, 0.1) is 27.0 Å². The molecule has 0 bridgehead atoms. The highest BCUT2D eigenvalue weighted by Gasteiger charge is 2.23. The molecule has 0 aliphatic carbocycles. The van der Waals surface area contributed by atoms with E-state index in [1.54, 1.807) is 6.92 Å². The number of carbonyl (C=O) groups is 3. The molecule has 0 radical (unpaired) electrons. The van der Waals surface area contributed by atoms with Crippen LogP contribution in [0.15, 0.2) is 12.1 Å². The Labute approximate surface area is 145 Å². The minimum absolute atomic E-state index is 0.194. The Morgan fingerprint density at radius 3 is 2.04 bits per heavy atom. The predicted molar refractivity (Wildman–Crippen MR) is 89.6 cm³/mol. The van der Waals surface area contributed by atoms with Crippen molar-refractivity contribution in [2.45, 2.75) is 25.8 Å². The number of ketones is 1. The van der Waals surface area contributed by atoms with E-state index in [4.69, 9.17) is 19.3 Å². The smallest absolute Gasteiger partial charge is 0.326 e. The fourth-order valence-electron chi connectivity index (χ4n) is 2.05. The van der Waals surface area contributed by atoms with Gasteiger partial charge in [0.1, 0.15) is 11.8 Å². The number of anilines is 1. The third kappa shape index (κ3) is 5.55. The average molecular weight is 354 g/mol. The first-order valence-corrected chi connectivity index (χ1v) is 7.48. The van der Waals surface area contributed by atoms with Crippen molar-refractivity contribution in [1.82, 2.24) is 5.32 Å². The number of carbonyl (C=O) groups excluding carboxylic acids is 2. The van der Waals surface area contributed by atoms with Crippen LogP contribution in [-0.2, 0) is 9.59 Å². The molecule has 0 saturated heterocycles. The molecule has 9 heteroatoms. The van der Waals surface area contributed by atoms with Crippen molar-refractivity contribution in [3.8, 4) is 17.2 Å². The molecule has 1 unspecified atom stereocenters. The molecule has 0 aliphatic rings. The number of methoxy groups -OCH3 is 3. The van der Waals surface area contributed by atoms with Crippen LogP contribution in [0.5, 0.6) is 17.2 Å². The number of urea groups is 1. The molecule has 0 fully saturated rings. The van der Waals surface area contributed by atoms with Crippen molar-refractivity contribution in [2.75, 3.05) is 26.6 Å². The number of nitrogens with one attached hydrogen (secondary N) is 2. The summed E-state index contributed by atoms with van der Waals surface area (Å²) < 4.78 is 15.5. The van der Waals surface area contributed by atoms with E-state index in [1.807, 2.05) is 0 Å². The Hall–Kier alpha value is -2.97. The third-order valence-corrected chi connectivity index (χ3v) is 3.35. The molecule has 138 valence electrons. The monoisotopic (exact) mass is 354 g/mol. The summed E-state index contributed by atoms with van der Waals surface area (Å²) in [6.07, 6.45) is -0.0888. The van der Waals surface area contributed by atoms with Crippen molar-refractivity contribution >= 4 is 23.5 Å². The second-order valence-corrected chi connectivity index (χ2v) is 5.00. The molecule has 2 amide bonds. The Kier molecular flexibility index (Phi) is 7.51. The number of rotatable bonds is 9. The number of carboxylic acid groups (broad SMARTS) is 1. The number of ether oxygens (including phenoxy) is 3. The van der Waals surface area contributed by atoms with Gasteiger partial charge in [-0.25, -0.2) is 9.59 Å². The second kappa shape index (κ2) is 9.36. The molecule has 0 aliphatic heterocycles. The van der Waals surface area contributed by atoms with E-state index in [0.717, 1.165) is 0 Å². The molecule has 0 spiro atoms. The van der Waals surface area contributed by atoms with Crippen molar-refractivity contribution in [3.63, 3.8) is 0 Å². The molecule has 3 N–H and O–H groups in total. The van der Waals surface area contributed by atoms with Crippen molar-refractivity contribution < 1.29 is 33.7 Å². The summed E-state index contributed by atoms with van der Waals surface area (Å²) >= 11 is 0. The number of amides is 2. The molecule has 9 nitrogen and oxygen atoms in total. The first-order chi connectivity index (χ1) is 11.9. The third-order valence-electron chi connectivity index (χ3n) is 3.35. The van der Waals surface area contributed by atoms with Crippen LogP contribution < -0.4 is 24.8 Å². The van der Waals surface area contributed by atoms with E-state index >= 15 is 0 Å². The van der Waals surface area contributed by atoms with Crippen LogP contribution in [0, 0.1) is 0 Å². The topological polar surface area (TPSA) is 123 Å². The average Bonchev–Trinajstić information content (AvgIpc) is 2.59. The normalized spacial score (nSPS) is 11.2. The van der Waals surface area contributed by atoms with E-state index in [-0.39, 0.29) is 18.6 Å². The Balaban J connectivity index is 2.91. The van der Waals surface area contributed by atoms with Gasteiger partial charge in [-0.3, -0.25) is 4.79 Å². The number of carboxylic acids is 1. The number of Topliss-reactive ketones (excluding diaryl/α,β-unsaturated/α-hetero) is 1. The van der Waals surface area contributed by atoms with Crippen LogP contribution >= 0.6 is 0 Å². The molecule has 0 heterocycles. The maximum atomic E-state index is 12.0. The van der Waals surface area contributed by atoms with Gasteiger partial charge in [-0.2, -0.15) is 0 Å². The van der Waals surface area contributed by atoms with Gasteiger partial charge in [-0.1, -0.05) is 6.92 Å². The van der Waals surface area contributed by atoms with Gasteiger partial charge in [0.2, 0.25) is 5.75 Å². The molecular weight excluding hydrogens is 332 g/mol. The first-order valence-electron chi connectivity index (χ1n) is 7.48. The van der Waals surface area contributed by atoms with Crippen molar-refractivity contribution in [2.24, 2.45) is 0 Å². The lowest BCUT2D eigenvalue weighted by atomic mass is 10.1. The van der Waals surface area contributed by atoms with Gasteiger partial charge in [0.25, 0.3) is 0 Å². The molecule has 1 atom stereocenters. The predicted octanol–water partition coefficient (Wildman–Crippen LogP) is 1.66. The van der Waals surface area contributed by atoms with Gasteiger partial charge >= 0.3 is 12.0 Å². The van der Waals surface area contributed by atoms with Crippen LogP contribution in [0.3, 0.4) is 0 Å². The van der Waals surface area contributed by atoms with Gasteiger partial charge in [0.15, 0.2) is 11.5 Å². The largest absolute Gasteiger partial charge is 0.493 e. The highest BCUT2D eigenvalue weighted by molar-refractivity contribution is 5.94. The molecule has 1 aromatic carbocycles. The fourth-order valence-corrected chi connectivity index (χ4v) is 2.05. The summed E-state index contributed by atoms with van der Waals surface area (Å²) in [5.74, 6) is -0.545. The van der Waals surface area contributed by atoms with E-state index < -0.39 is 18.0 Å². The molecule has 0 aromatic heterocycles. The van der Waals surface area contributed by atoms with Gasteiger partial charge in [-0.05, 0) is 0 Å². The fraction of sp³-hybridized carbons (Fsp3) is 0.438. The standard InChI is InChI=1S/C16H22N2O7/c1-5-10(19)8-11(15(20)21)18-16(22)17-9-6-12(23-2)14(25-4)13(7-9)24-3/h6-7,11H,5,8H2,1-4H3,(H,20,21)(H2,17,18,22). The molecular formula is C16H22N2O7. The second-order valence-electron chi connectivity index (χ2n) is 5.00. The van der Waals surface area contributed by atoms with Crippen molar-refractivity contribution in [3.05, 3.63) is 12.1 Å². The number of hydrogen-bond acceptors (Lipinski definition) is 6. The van der Waals surface area contributed by atoms with E-state index in [1.165, 1.54) is 33.5 Å². The zero-order valence-corrected chi connectivity index (χ0v) is 14.5. The lowest BCUT2D eigenvalue weighted by Gasteiger charge is -2.17.